The monoisotopic (exact) mass is 173 g/mol. The van der Waals surface area contributed by atoms with E-state index in [2.05, 4.69) is 57.2 Å². The highest BCUT2D eigenvalue weighted by Crippen LogP contribution is 2.14. The molecule has 0 saturated heterocycles. The van der Waals surface area contributed by atoms with Crippen molar-refractivity contribution in [3.63, 3.8) is 0 Å². The number of hydrogen-bond donors (Lipinski definition) is 0. The highest BCUT2D eigenvalue weighted by molar-refractivity contribution is 5.28. The molecule has 0 amide bonds. The Hall–Kier alpha value is -1.04. The van der Waals surface area contributed by atoms with Crippen LogP contribution in [0.25, 0.3) is 0 Å². The van der Waals surface area contributed by atoms with E-state index in [1.54, 1.807) is 0 Å². The Bertz CT molecular complexity index is 265. The lowest BCUT2D eigenvalue weighted by atomic mass is 10.0. The number of rotatable bonds is 3. The van der Waals surface area contributed by atoms with E-state index in [1.165, 1.54) is 11.1 Å². The predicted molar refractivity (Wildman–Crippen MR) is 57.7 cm³/mol. The maximum absolute atomic E-state index is 3.24. The van der Waals surface area contributed by atoms with Gasteiger partial charge in [-0.1, -0.05) is 51.1 Å². The van der Waals surface area contributed by atoms with Crippen molar-refractivity contribution in [1.82, 2.24) is 0 Å². The quantitative estimate of drug-likeness (QED) is 0.649. The van der Waals surface area contributed by atoms with Crippen LogP contribution in [0.1, 0.15) is 44.2 Å². The first kappa shape index (κ1) is 10.0. The van der Waals surface area contributed by atoms with E-state index < -0.39 is 0 Å². The van der Waals surface area contributed by atoms with Crippen molar-refractivity contribution in [2.75, 3.05) is 0 Å². The first-order chi connectivity index (χ1) is 6.24. The summed E-state index contributed by atoms with van der Waals surface area (Å²) in [6.07, 6.45) is 6.34. The van der Waals surface area contributed by atoms with Gasteiger partial charge in [0, 0.05) is 0 Å². The molecule has 0 heterocycles. The van der Waals surface area contributed by atoms with E-state index in [1.807, 2.05) is 0 Å². The van der Waals surface area contributed by atoms with E-state index in [4.69, 9.17) is 0 Å². The average Bonchev–Trinajstić information content (AvgIpc) is 2.15. The molecule has 0 unspecified atom stereocenters. The fraction of sp³-hybridized carbons (Fsp3) is 0.385. The lowest BCUT2D eigenvalue weighted by Crippen LogP contribution is -1.86. The van der Waals surface area contributed by atoms with Gasteiger partial charge >= 0.3 is 0 Å². The molecule has 1 aromatic carbocycles. The standard InChI is InChI=1S/C13H17/c1-4-5-6-12-7-9-13(10-8-12)11(2)3/h5,7-11H,4H2,1-3H3. The Labute approximate surface area is 81.3 Å². The second kappa shape index (κ2) is 4.86. The first-order valence-corrected chi connectivity index (χ1v) is 4.92. The summed E-state index contributed by atoms with van der Waals surface area (Å²) >= 11 is 0. The van der Waals surface area contributed by atoms with Crippen LogP contribution in [0.5, 0.6) is 0 Å². The third-order valence-corrected chi connectivity index (χ3v) is 2.05. The molecule has 0 fully saturated rings. The average molecular weight is 173 g/mol. The maximum atomic E-state index is 3.24. The lowest BCUT2D eigenvalue weighted by molar-refractivity contribution is 0.866. The van der Waals surface area contributed by atoms with Gasteiger partial charge in [0.15, 0.2) is 0 Å². The van der Waals surface area contributed by atoms with Crippen molar-refractivity contribution >= 4 is 0 Å². The van der Waals surface area contributed by atoms with Crippen molar-refractivity contribution in [3.05, 3.63) is 47.5 Å². The third kappa shape index (κ3) is 3.06. The van der Waals surface area contributed by atoms with Crippen LogP contribution in [-0.2, 0) is 0 Å². The highest BCUT2D eigenvalue weighted by Gasteiger charge is 1.96. The van der Waals surface area contributed by atoms with E-state index in [9.17, 15) is 0 Å². The van der Waals surface area contributed by atoms with Crippen molar-refractivity contribution < 1.29 is 0 Å². The molecule has 0 aromatic heterocycles. The van der Waals surface area contributed by atoms with Crippen molar-refractivity contribution in [2.45, 2.75) is 33.1 Å². The van der Waals surface area contributed by atoms with Crippen LogP contribution in [-0.4, -0.2) is 0 Å². The van der Waals surface area contributed by atoms with Gasteiger partial charge in [-0.3, -0.25) is 0 Å². The molecule has 0 spiro atoms. The van der Waals surface area contributed by atoms with Crippen molar-refractivity contribution in [2.24, 2.45) is 0 Å². The molecule has 0 bridgehead atoms. The van der Waals surface area contributed by atoms with Crippen LogP contribution in [0.15, 0.2) is 30.3 Å². The van der Waals surface area contributed by atoms with Gasteiger partial charge in [0.1, 0.15) is 0 Å². The summed E-state index contributed by atoms with van der Waals surface area (Å²) in [5, 5.41) is 0. The Balaban J connectivity index is 2.75. The second-order valence-electron chi connectivity index (χ2n) is 3.53. The molecule has 0 nitrogen and oxygen atoms in total. The molecule has 69 valence electrons. The number of hydrogen-bond acceptors (Lipinski definition) is 0. The summed E-state index contributed by atoms with van der Waals surface area (Å²) in [5.74, 6) is 0.615. The molecule has 1 aromatic rings. The summed E-state index contributed by atoms with van der Waals surface area (Å²) in [5.41, 5.74) is 2.56. The molecule has 0 N–H and O–H groups in total. The molecule has 1 rings (SSSR count). The Morgan fingerprint density at radius 3 is 2.31 bits per heavy atom. The van der Waals surface area contributed by atoms with Crippen LogP contribution < -0.4 is 0 Å². The minimum absolute atomic E-state index is 0.615. The van der Waals surface area contributed by atoms with Gasteiger partial charge in [-0.25, -0.2) is 0 Å². The SMILES string of the molecule is CC/C=[C]\c1ccc(C(C)C)cc1. The van der Waals surface area contributed by atoms with Crippen molar-refractivity contribution in [1.29, 1.82) is 0 Å². The van der Waals surface area contributed by atoms with Gasteiger partial charge < -0.3 is 0 Å². The summed E-state index contributed by atoms with van der Waals surface area (Å²) < 4.78 is 0. The Kier molecular flexibility index (Phi) is 3.75. The summed E-state index contributed by atoms with van der Waals surface area (Å²) in [6.45, 7) is 6.54. The maximum Gasteiger partial charge on any atom is -0.0149 e. The van der Waals surface area contributed by atoms with Crippen molar-refractivity contribution in [3.8, 4) is 0 Å². The van der Waals surface area contributed by atoms with Gasteiger partial charge in [0.05, 0.1) is 0 Å². The van der Waals surface area contributed by atoms with Gasteiger partial charge in [-0.15, -0.1) is 0 Å². The van der Waals surface area contributed by atoms with E-state index in [0.717, 1.165) is 6.42 Å². The highest BCUT2D eigenvalue weighted by atomic mass is 14.0. The molecular formula is C13H17. The molecule has 1 radical (unpaired) electrons. The topological polar surface area (TPSA) is 0 Å². The zero-order valence-electron chi connectivity index (χ0n) is 8.67. The minimum atomic E-state index is 0.615. The van der Waals surface area contributed by atoms with Crippen LogP contribution in [0.3, 0.4) is 0 Å². The molecule has 0 saturated carbocycles. The van der Waals surface area contributed by atoms with E-state index >= 15 is 0 Å². The van der Waals surface area contributed by atoms with Crippen LogP contribution in [0, 0.1) is 6.08 Å². The zero-order chi connectivity index (χ0) is 9.68. The molecule has 0 heteroatoms. The Morgan fingerprint density at radius 2 is 1.85 bits per heavy atom. The van der Waals surface area contributed by atoms with Crippen LogP contribution in [0.2, 0.25) is 0 Å². The second-order valence-corrected chi connectivity index (χ2v) is 3.53. The summed E-state index contributed by atoms with van der Waals surface area (Å²) in [6, 6.07) is 8.61. The summed E-state index contributed by atoms with van der Waals surface area (Å²) in [4.78, 5) is 0. The smallest absolute Gasteiger partial charge is 0.0149 e. The molecular weight excluding hydrogens is 156 g/mol. The molecule has 13 heavy (non-hydrogen) atoms. The molecule has 0 atom stereocenters. The fourth-order valence-corrected chi connectivity index (χ4v) is 1.18. The van der Waals surface area contributed by atoms with Crippen LogP contribution in [0.4, 0.5) is 0 Å². The predicted octanol–water partition coefficient (Wildman–Crippen LogP) is 3.93. The van der Waals surface area contributed by atoms with E-state index in [0.29, 0.717) is 5.92 Å². The largest absolute Gasteiger partial charge is 0.0763 e. The Morgan fingerprint density at radius 1 is 1.23 bits per heavy atom. The zero-order valence-corrected chi connectivity index (χ0v) is 8.67. The normalized spacial score (nSPS) is 11.4. The minimum Gasteiger partial charge on any atom is -0.0763 e. The number of benzene rings is 1. The first-order valence-electron chi connectivity index (χ1n) is 4.92. The molecule has 0 aliphatic heterocycles. The van der Waals surface area contributed by atoms with Gasteiger partial charge in [0.2, 0.25) is 0 Å². The number of allylic oxidation sites excluding steroid dienone is 1. The van der Waals surface area contributed by atoms with Gasteiger partial charge in [-0.05, 0) is 29.5 Å². The fourth-order valence-electron chi connectivity index (χ4n) is 1.18. The third-order valence-electron chi connectivity index (χ3n) is 2.05. The molecule has 0 aliphatic carbocycles. The van der Waals surface area contributed by atoms with E-state index in [-0.39, 0.29) is 0 Å². The van der Waals surface area contributed by atoms with Gasteiger partial charge in [0.25, 0.3) is 0 Å². The summed E-state index contributed by atoms with van der Waals surface area (Å²) in [7, 11) is 0. The molecule has 0 aliphatic rings. The lowest BCUT2D eigenvalue weighted by Gasteiger charge is -2.04. The van der Waals surface area contributed by atoms with Crippen LogP contribution >= 0.6 is 0 Å². The van der Waals surface area contributed by atoms with Gasteiger partial charge in [-0.2, -0.15) is 0 Å².